The lowest BCUT2D eigenvalue weighted by atomic mass is 9.92. The third kappa shape index (κ3) is 6.47. The topological polar surface area (TPSA) is 130 Å². The summed E-state index contributed by atoms with van der Waals surface area (Å²) in [6.07, 6.45) is 0.724. The predicted molar refractivity (Wildman–Crippen MR) is 144 cm³/mol. The fraction of sp³-hybridized carbons (Fsp3) is 0.346. The summed E-state index contributed by atoms with van der Waals surface area (Å²) < 4.78 is 7.19. The Morgan fingerprint density at radius 2 is 1.89 bits per heavy atom. The summed E-state index contributed by atoms with van der Waals surface area (Å²) >= 11 is 0. The Labute approximate surface area is 207 Å². The number of nitrogens with zero attached hydrogens (tertiary/aromatic N) is 2. The first-order valence-corrected chi connectivity index (χ1v) is 13.3. The molecule has 1 aromatic heterocycles. The third-order valence-corrected chi connectivity index (χ3v) is 7.17. The molecular weight excluding hydrogens is 461 g/mol. The number of nitrogens with two attached hydrogens (primary N) is 2. The fourth-order valence-electron chi connectivity index (χ4n) is 3.57. The molecule has 3 aromatic rings. The molecule has 0 aliphatic heterocycles. The average molecular weight is 497 g/mol. The lowest BCUT2D eigenvalue weighted by Crippen LogP contribution is -2.72. The number of nitrogens with one attached hydrogen (secondary N) is 1. The van der Waals surface area contributed by atoms with Crippen molar-refractivity contribution in [2.75, 3.05) is 19.0 Å². The van der Waals surface area contributed by atoms with Crippen molar-refractivity contribution in [1.29, 1.82) is 0 Å². The fourth-order valence-corrected chi connectivity index (χ4v) is 4.90. The van der Waals surface area contributed by atoms with Gasteiger partial charge in [0.25, 0.3) is 11.4 Å². The highest BCUT2D eigenvalue weighted by Crippen LogP contribution is 2.33. The van der Waals surface area contributed by atoms with E-state index in [9.17, 15) is 9.90 Å². The van der Waals surface area contributed by atoms with Gasteiger partial charge < -0.3 is 15.4 Å². The number of benzene rings is 2. The van der Waals surface area contributed by atoms with E-state index in [-0.39, 0.29) is 22.6 Å². The number of amidine groups is 1. The molecule has 1 heterocycles. The SMILES string of the molecule is CCOP(C)c1cc(N)ccc1[NH+]=C(N)c1c(O)c(-c2ccccc2)nn(CCC(C)(C)C)c1=O. The quantitative estimate of drug-likeness (QED) is 0.164. The molecule has 186 valence electrons. The largest absolute Gasteiger partial charge is 0.505 e. The van der Waals surface area contributed by atoms with E-state index in [2.05, 4.69) is 30.9 Å². The number of rotatable bonds is 8. The Bertz CT molecular complexity index is 1270. The van der Waals surface area contributed by atoms with Crippen LogP contribution >= 0.6 is 8.15 Å². The number of nitrogen functional groups attached to an aromatic ring is 2. The normalized spacial score (nSPS) is 13.1. The highest BCUT2D eigenvalue weighted by molar-refractivity contribution is 7.60. The molecule has 0 amide bonds. The van der Waals surface area contributed by atoms with E-state index in [1.807, 2.05) is 50.0 Å². The molecule has 3 rings (SSSR count). The van der Waals surface area contributed by atoms with E-state index in [1.54, 1.807) is 12.1 Å². The van der Waals surface area contributed by atoms with E-state index in [0.717, 1.165) is 11.7 Å². The number of aromatic nitrogens is 2. The zero-order chi connectivity index (χ0) is 25.8. The lowest BCUT2D eigenvalue weighted by Gasteiger charge is -2.19. The lowest BCUT2D eigenvalue weighted by molar-refractivity contribution is -0.352. The first-order valence-electron chi connectivity index (χ1n) is 11.6. The highest BCUT2D eigenvalue weighted by Gasteiger charge is 2.25. The molecule has 0 fully saturated rings. The van der Waals surface area contributed by atoms with Gasteiger partial charge in [0.1, 0.15) is 11.4 Å². The molecule has 0 spiro atoms. The second kappa shape index (κ2) is 11.0. The van der Waals surface area contributed by atoms with Crippen LogP contribution in [0.4, 0.5) is 11.4 Å². The zero-order valence-electron chi connectivity index (χ0n) is 21.0. The minimum absolute atomic E-state index is 0.00393. The first kappa shape index (κ1) is 26.4. The highest BCUT2D eigenvalue weighted by atomic mass is 31.1. The van der Waals surface area contributed by atoms with Crippen LogP contribution in [-0.4, -0.2) is 34.0 Å². The maximum atomic E-state index is 13.5. The van der Waals surface area contributed by atoms with Crippen molar-refractivity contribution in [2.45, 2.75) is 40.7 Å². The molecule has 0 saturated heterocycles. The molecule has 9 heteroatoms. The van der Waals surface area contributed by atoms with E-state index in [4.69, 9.17) is 16.0 Å². The Kier molecular flexibility index (Phi) is 8.30. The summed E-state index contributed by atoms with van der Waals surface area (Å²) in [5.41, 5.74) is 14.2. The monoisotopic (exact) mass is 496 g/mol. The first-order chi connectivity index (χ1) is 16.5. The smallest absolute Gasteiger partial charge is 0.287 e. The number of aromatic hydroxyl groups is 1. The molecule has 0 saturated carbocycles. The van der Waals surface area contributed by atoms with Gasteiger partial charge in [0.15, 0.2) is 11.3 Å². The van der Waals surface area contributed by atoms with Crippen molar-refractivity contribution in [3.8, 4) is 17.0 Å². The molecule has 0 aliphatic carbocycles. The number of hydrogen-bond donors (Lipinski definition) is 4. The van der Waals surface area contributed by atoms with E-state index in [1.165, 1.54) is 4.68 Å². The number of anilines is 1. The average Bonchev–Trinajstić information content (AvgIpc) is 2.80. The van der Waals surface area contributed by atoms with E-state index in [0.29, 0.717) is 35.8 Å². The van der Waals surface area contributed by atoms with Crippen LogP contribution in [0.5, 0.6) is 5.75 Å². The van der Waals surface area contributed by atoms with Crippen LogP contribution in [0.1, 0.15) is 39.7 Å². The van der Waals surface area contributed by atoms with E-state index < -0.39 is 13.7 Å². The third-order valence-electron chi connectivity index (χ3n) is 5.47. The minimum Gasteiger partial charge on any atom is -0.505 e. The van der Waals surface area contributed by atoms with Crippen LogP contribution in [0.3, 0.4) is 0 Å². The van der Waals surface area contributed by atoms with Crippen molar-refractivity contribution >= 4 is 30.7 Å². The van der Waals surface area contributed by atoms with Crippen molar-refractivity contribution < 1.29 is 14.6 Å². The number of aryl methyl sites for hydroxylation is 1. The molecule has 2 aromatic carbocycles. The molecule has 8 nitrogen and oxygen atoms in total. The molecular formula is C26H35N5O3P+. The Morgan fingerprint density at radius 3 is 2.51 bits per heavy atom. The van der Waals surface area contributed by atoms with Gasteiger partial charge in [-0.15, -0.1) is 0 Å². The number of hydrogen-bond acceptors (Lipinski definition) is 5. The summed E-state index contributed by atoms with van der Waals surface area (Å²) in [6, 6.07) is 14.6. The molecule has 0 bridgehead atoms. The maximum absolute atomic E-state index is 13.5. The van der Waals surface area contributed by atoms with Crippen LogP contribution < -0.4 is 27.3 Å². The second-order valence-corrected chi connectivity index (χ2v) is 11.2. The Balaban J connectivity index is 2.20. The van der Waals surface area contributed by atoms with Crippen molar-refractivity contribution in [1.82, 2.24) is 9.78 Å². The van der Waals surface area contributed by atoms with E-state index >= 15 is 0 Å². The van der Waals surface area contributed by atoms with Gasteiger partial charge in [0.05, 0.1) is 13.5 Å². The van der Waals surface area contributed by atoms with Gasteiger partial charge in [0, 0.05) is 24.4 Å². The van der Waals surface area contributed by atoms with Gasteiger partial charge in [0.2, 0.25) is 0 Å². The van der Waals surface area contributed by atoms with Crippen LogP contribution in [0.2, 0.25) is 0 Å². The van der Waals surface area contributed by atoms with Crippen molar-refractivity contribution in [2.24, 2.45) is 11.1 Å². The second-order valence-electron chi connectivity index (χ2n) is 9.51. The Morgan fingerprint density at radius 1 is 1.20 bits per heavy atom. The standard InChI is InChI=1S/C26H34N5O3P/c1-6-34-35(5)20-16-18(27)12-13-19(20)29-24(28)21-23(32)22(17-10-8-7-9-11-17)30-31(25(21)33)15-14-26(2,3)4/h7-13,16,32H,6,14-15,27H2,1-5H3,(H2,28,29)/p+1. The van der Waals surface area contributed by atoms with Crippen LogP contribution in [0.15, 0.2) is 53.3 Å². The Hall–Kier alpha value is -3.22. The molecule has 6 N–H and O–H groups in total. The van der Waals surface area contributed by atoms with Gasteiger partial charge in [-0.25, -0.2) is 9.67 Å². The minimum atomic E-state index is -0.965. The maximum Gasteiger partial charge on any atom is 0.287 e. The summed E-state index contributed by atoms with van der Waals surface area (Å²) in [5.74, 6) is -0.235. The van der Waals surface area contributed by atoms with Gasteiger partial charge in [-0.3, -0.25) is 10.5 Å². The molecule has 0 radical (unpaired) electrons. The summed E-state index contributed by atoms with van der Waals surface area (Å²) in [5, 5.41) is 16.5. The van der Waals surface area contributed by atoms with Crippen LogP contribution in [0, 0.1) is 5.41 Å². The molecule has 0 aliphatic rings. The van der Waals surface area contributed by atoms with Gasteiger partial charge in [-0.05, 0) is 43.6 Å². The molecule has 1 atom stereocenters. The van der Waals surface area contributed by atoms with Gasteiger partial charge >= 0.3 is 0 Å². The van der Waals surface area contributed by atoms with Gasteiger partial charge in [-0.2, -0.15) is 5.10 Å². The zero-order valence-corrected chi connectivity index (χ0v) is 21.9. The summed E-state index contributed by atoms with van der Waals surface area (Å²) in [4.78, 5) is 16.6. The van der Waals surface area contributed by atoms with Crippen LogP contribution in [-0.2, 0) is 11.1 Å². The van der Waals surface area contributed by atoms with Crippen LogP contribution in [0.25, 0.3) is 11.3 Å². The van der Waals surface area contributed by atoms with Crippen molar-refractivity contribution in [3.63, 3.8) is 0 Å². The van der Waals surface area contributed by atoms with Crippen molar-refractivity contribution in [3.05, 3.63) is 64.4 Å². The van der Waals surface area contributed by atoms with Gasteiger partial charge in [-0.1, -0.05) is 51.1 Å². The molecule has 35 heavy (non-hydrogen) atoms. The summed E-state index contributed by atoms with van der Waals surface area (Å²) in [6.45, 7) is 11.2. The summed E-state index contributed by atoms with van der Waals surface area (Å²) in [7, 11) is -0.965. The molecule has 1 unspecified atom stereocenters. The predicted octanol–water partition coefficient (Wildman–Crippen LogP) is 2.44.